The zero-order valence-corrected chi connectivity index (χ0v) is 10.8. The first-order chi connectivity index (χ1) is 9.75. The number of fused-ring (bicyclic) bond motifs is 2. The highest BCUT2D eigenvalue weighted by molar-refractivity contribution is 6.21. The number of para-hydroxylation sites is 1. The highest BCUT2D eigenvalue weighted by Gasteiger charge is 2.25. The zero-order chi connectivity index (χ0) is 13.9. The molecule has 0 fully saturated rings. The topological polar surface area (TPSA) is 58.2 Å². The molecule has 2 aromatic rings. The zero-order valence-electron chi connectivity index (χ0n) is 10.8. The normalized spacial score (nSPS) is 14.6. The van der Waals surface area contributed by atoms with Crippen molar-refractivity contribution in [1.29, 1.82) is 0 Å². The average molecular weight is 266 g/mol. The van der Waals surface area contributed by atoms with Gasteiger partial charge in [-0.05, 0) is 30.2 Å². The molecule has 2 aliphatic rings. The molecule has 4 rings (SSSR count). The number of anilines is 1. The number of carbonyl (C=O) groups is 2. The monoisotopic (exact) mass is 266 g/mol. The number of imide groups is 1. The Kier molecular flexibility index (Phi) is 3.21. The lowest BCUT2D eigenvalue weighted by atomic mass is 10.1. The summed E-state index contributed by atoms with van der Waals surface area (Å²) in [5.41, 5.74) is 3.71. The van der Waals surface area contributed by atoms with E-state index in [1.54, 1.807) is 24.3 Å². The molecule has 2 heterocycles. The van der Waals surface area contributed by atoms with Crippen LogP contribution in [0.15, 0.2) is 48.5 Å². The number of rotatable bonds is 0. The Balaban J connectivity index is 0.000000123. The molecule has 0 atom stereocenters. The van der Waals surface area contributed by atoms with E-state index in [-0.39, 0.29) is 11.8 Å². The molecule has 2 N–H and O–H groups in total. The van der Waals surface area contributed by atoms with Crippen LogP contribution >= 0.6 is 0 Å². The third kappa shape index (κ3) is 2.28. The smallest absolute Gasteiger partial charge is 0.258 e. The van der Waals surface area contributed by atoms with E-state index in [4.69, 9.17) is 0 Å². The number of hydrogen-bond donors (Lipinski definition) is 2. The fourth-order valence-electron chi connectivity index (χ4n) is 2.36. The third-order valence-electron chi connectivity index (χ3n) is 3.37. The van der Waals surface area contributed by atoms with Crippen LogP contribution < -0.4 is 10.6 Å². The molecule has 4 heteroatoms. The SMILES string of the molecule is O=C1NC(=O)c2ccccc21.c1ccc2c(c1)CCN2. The van der Waals surface area contributed by atoms with Crippen LogP contribution in [-0.2, 0) is 6.42 Å². The first-order valence-corrected chi connectivity index (χ1v) is 6.52. The first-order valence-electron chi connectivity index (χ1n) is 6.52. The van der Waals surface area contributed by atoms with E-state index in [1.165, 1.54) is 17.7 Å². The minimum absolute atomic E-state index is 0.300. The van der Waals surface area contributed by atoms with Crippen molar-refractivity contribution in [2.75, 3.05) is 11.9 Å². The summed E-state index contributed by atoms with van der Waals surface area (Å²) in [6, 6.07) is 15.2. The summed E-state index contributed by atoms with van der Waals surface area (Å²) in [6.45, 7) is 1.11. The highest BCUT2D eigenvalue weighted by Crippen LogP contribution is 2.20. The minimum atomic E-state index is -0.300. The summed E-state index contributed by atoms with van der Waals surface area (Å²) < 4.78 is 0. The average Bonchev–Trinajstić information content (AvgIpc) is 3.06. The highest BCUT2D eigenvalue weighted by atomic mass is 16.2. The molecule has 0 aromatic heterocycles. The summed E-state index contributed by atoms with van der Waals surface area (Å²) in [5, 5.41) is 5.50. The molecule has 0 radical (unpaired) electrons. The van der Waals surface area contributed by atoms with Crippen LogP contribution in [0.3, 0.4) is 0 Å². The Hall–Kier alpha value is -2.62. The number of amides is 2. The largest absolute Gasteiger partial charge is 0.384 e. The Morgan fingerprint density at radius 3 is 2.05 bits per heavy atom. The van der Waals surface area contributed by atoms with Gasteiger partial charge in [0, 0.05) is 12.2 Å². The molecule has 2 aliphatic heterocycles. The Bertz CT molecular complexity index is 624. The van der Waals surface area contributed by atoms with Gasteiger partial charge in [0.05, 0.1) is 11.1 Å². The van der Waals surface area contributed by atoms with E-state index < -0.39 is 0 Å². The molecule has 0 unspecified atom stereocenters. The van der Waals surface area contributed by atoms with Crippen molar-refractivity contribution >= 4 is 17.5 Å². The van der Waals surface area contributed by atoms with Gasteiger partial charge in [0.25, 0.3) is 11.8 Å². The van der Waals surface area contributed by atoms with Crippen molar-refractivity contribution in [3.8, 4) is 0 Å². The maximum atomic E-state index is 10.9. The van der Waals surface area contributed by atoms with Gasteiger partial charge in [0.1, 0.15) is 0 Å². The fourth-order valence-corrected chi connectivity index (χ4v) is 2.36. The van der Waals surface area contributed by atoms with Crippen LogP contribution in [-0.4, -0.2) is 18.4 Å². The molecular weight excluding hydrogens is 252 g/mol. The first kappa shape index (κ1) is 12.4. The molecule has 20 heavy (non-hydrogen) atoms. The molecular formula is C16H14N2O2. The van der Waals surface area contributed by atoms with Gasteiger partial charge in [0.15, 0.2) is 0 Å². The van der Waals surface area contributed by atoms with Crippen molar-refractivity contribution in [2.45, 2.75) is 6.42 Å². The molecule has 2 amide bonds. The van der Waals surface area contributed by atoms with E-state index in [0.29, 0.717) is 11.1 Å². The Morgan fingerprint density at radius 2 is 1.40 bits per heavy atom. The predicted molar refractivity (Wildman–Crippen MR) is 76.9 cm³/mol. The fraction of sp³-hybridized carbons (Fsp3) is 0.125. The molecule has 4 nitrogen and oxygen atoms in total. The second kappa shape index (κ2) is 5.17. The van der Waals surface area contributed by atoms with Gasteiger partial charge in [-0.3, -0.25) is 14.9 Å². The van der Waals surface area contributed by atoms with Crippen LogP contribution in [0, 0.1) is 0 Å². The van der Waals surface area contributed by atoms with Gasteiger partial charge in [0.2, 0.25) is 0 Å². The molecule has 0 bridgehead atoms. The minimum Gasteiger partial charge on any atom is -0.384 e. The lowest BCUT2D eigenvalue weighted by Crippen LogP contribution is -2.19. The third-order valence-corrected chi connectivity index (χ3v) is 3.37. The predicted octanol–water partition coefficient (Wildman–Crippen LogP) is 2.22. The summed E-state index contributed by atoms with van der Waals surface area (Å²) in [4.78, 5) is 21.9. The lowest BCUT2D eigenvalue weighted by Gasteiger charge is -1.94. The van der Waals surface area contributed by atoms with Crippen LogP contribution in [0.2, 0.25) is 0 Å². The van der Waals surface area contributed by atoms with E-state index in [9.17, 15) is 9.59 Å². The van der Waals surface area contributed by atoms with Crippen molar-refractivity contribution < 1.29 is 9.59 Å². The quantitative estimate of drug-likeness (QED) is 0.719. The molecule has 0 aliphatic carbocycles. The number of hydrogen-bond acceptors (Lipinski definition) is 3. The maximum absolute atomic E-state index is 10.9. The second-order valence-corrected chi connectivity index (χ2v) is 4.66. The second-order valence-electron chi connectivity index (χ2n) is 4.66. The maximum Gasteiger partial charge on any atom is 0.258 e. The molecule has 100 valence electrons. The van der Waals surface area contributed by atoms with Crippen molar-refractivity contribution in [3.05, 3.63) is 65.2 Å². The van der Waals surface area contributed by atoms with Crippen molar-refractivity contribution in [1.82, 2.24) is 5.32 Å². The summed E-state index contributed by atoms with van der Waals surface area (Å²) in [6.07, 6.45) is 1.19. The van der Waals surface area contributed by atoms with Crippen LogP contribution in [0.5, 0.6) is 0 Å². The van der Waals surface area contributed by atoms with Gasteiger partial charge < -0.3 is 5.32 Å². The van der Waals surface area contributed by atoms with Gasteiger partial charge >= 0.3 is 0 Å². The number of nitrogens with one attached hydrogen (secondary N) is 2. The summed E-state index contributed by atoms with van der Waals surface area (Å²) in [7, 11) is 0. The molecule has 0 saturated heterocycles. The molecule has 0 spiro atoms. The van der Waals surface area contributed by atoms with E-state index in [0.717, 1.165) is 6.54 Å². The Morgan fingerprint density at radius 1 is 0.800 bits per heavy atom. The Labute approximate surface area is 116 Å². The van der Waals surface area contributed by atoms with Crippen molar-refractivity contribution in [2.24, 2.45) is 0 Å². The molecule has 0 saturated carbocycles. The van der Waals surface area contributed by atoms with E-state index >= 15 is 0 Å². The van der Waals surface area contributed by atoms with Crippen molar-refractivity contribution in [3.63, 3.8) is 0 Å². The number of carbonyl (C=O) groups excluding carboxylic acids is 2. The van der Waals surface area contributed by atoms with Gasteiger partial charge in [-0.2, -0.15) is 0 Å². The van der Waals surface area contributed by atoms with E-state index in [1.807, 2.05) is 0 Å². The summed E-state index contributed by atoms with van der Waals surface area (Å²) >= 11 is 0. The summed E-state index contributed by atoms with van der Waals surface area (Å²) in [5.74, 6) is -0.601. The van der Waals surface area contributed by atoms with E-state index in [2.05, 4.69) is 34.9 Å². The standard InChI is InChI=1S/C8H5NO2.C8H9N/c10-7-5-3-1-2-4-6(5)8(11)9-7;1-2-4-8-7(3-1)5-6-9-8/h1-4H,(H,9,10,11);1-4,9H,5-6H2. The lowest BCUT2D eigenvalue weighted by molar-refractivity contribution is 0.0879. The number of benzene rings is 2. The molecule has 2 aromatic carbocycles. The van der Waals surface area contributed by atoms with Gasteiger partial charge in [-0.25, -0.2) is 0 Å². The van der Waals surface area contributed by atoms with Gasteiger partial charge in [-0.15, -0.1) is 0 Å². The van der Waals surface area contributed by atoms with Crippen LogP contribution in [0.1, 0.15) is 26.3 Å². The van der Waals surface area contributed by atoms with Crippen LogP contribution in [0.4, 0.5) is 5.69 Å². The van der Waals surface area contributed by atoms with Crippen LogP contribution in [0.25, 0.3) is 0 Å². The van der Waals surface area contributed by atoms with Gasteiger partial charge in [-0.1, -0.05) is 30.3 Å².